The number of hydrazone groups is 1. The lowest BCUT2D eigenvalue weighted by molar-refractivity contribution is -0.134. The van der Waals surface area contributed by atoms with Gasteiger partial charge in [0, 0.05) is 5.69 Å². The summed E-state index contributed by atoms with van der Waals surface area (Å²) in [6.07, 6.45) is 0. The number of nitrogens with zero attached hydrogens (tertiary/aromatic N) is 2. The number of carbonyl (C=O) groups is 1. The molecule has 0 spiro atoms. The number of rotatable bonds is 4. The lowest BCUT2D eigenvalue weighted by atomic mass is 10.3. The third-order valence-electron chi connectivity index (χ3n) is 1.78. The molecule has 1 aromatic carbocycles. The van der Waals surface area contributed by atoms with E-state index in [2.05, 4.69) is 15.3 Å². The molecule has 3 N–H and O–H groups in total. The van der Waals surface area contributed by atoms with Crippen molar-refractivity contribution in [3.05, 3.63) is 24.3 Å². The molecular weight excluding hydrogens is 220 g/mol. The molecule has 17 heavy (non-hydrogen) atoms. The Labute approximate surface area is 98.7 Å². The molecule has 0 atom stereocenters. The van der Waals surface area contributed by atoms with E-state index in [-0.39, 0.29) is 12.3 Å². The second-order valence-corrected chi connectivity index (χ2v) is 3.03. The molecule has 0 unspecified atom stereocenters. The number of benzene rings is 1. The van der Waals surface area contributed by atoms with Gasteiger partial charge in [0.2, 0.25) is 5.71 Å². The summed E-state index contributed by atoms with van der Waals surface area (Å²) >= 11 is 0. The van der Waals surface area contributed by atoms with Crippen LogP contribution in [0, 0.1) is 11.3 Å². The van der Waals surface area contributed by atoms with E-state index in [1.807, 2.05) is 0 Å². The fourth-order valence-electron chi connectivity index (χ4n) is 0.994. The summed E-state index contributed by atoms with van der Waals surface area (Å²) in [5.74, 6) is -0.752. The van der Waals surface area contributed by atoms with Crippen molar-refractivity contribution < 1.29 is 9.53 Å². The van der Waals surface area contributed by atoms with Gasteiger partial charge in [-0.25, -0.2) is 4.79 Å². The first-order valence-corrected chi connectivity index (χ1v) is 4.93. The van der Waals surface area contributed by atoms with Crippen LogP contribution in [0.4, 0.5) is 11.4 Å². The summed E-state index contributed by atoms with van der Waals surface area (Å²) in [5, 5.41) is 12.4. The van der Waals surface area contributed by atoms with Crippen LogP contribution in [-0.4, -0.2) is 18.3 Å². The standard InChI is InChI=1S/C11H12N4O2/c1-2-17-11(16)10(7-12)15-14-9-5-3-8(13)4-6-9/h3-6,14H,2,13H2,1H3/b15-10+. The molecular formula is C11H12N4O2. The maximum atomic E-state index is 11.2. The Kier molecular flexibility index (Phi) is 4.51. The highest BCUT2D eigenvalue weighted by molar-refractivity contribution is 6.43. The van der Waals surface area contributed by atoms with Gasteiger partial charge in [0.05, 0.1) is 12.3 Å². The first-order chi connectivity index (χ1) is 8.17. The van der Waals surface area contributed by atoms with Crippen LogP contribution in [0.1, 0.15) is 6.92 Å². The molecule has 0 aromatic heterocycles. The van der Waals surface area contributed by atoms with Gasteiger partial charge in [-0.2, -0.15) is 10.4 Å². The Morgan fingerprint density at radius 3 is 2.71 bits per heavy atom. The van der Waals surface area contributed by atoms with E-state index in [1.54, 1.807) is 37.3 Å². The molecule has 0 heterocycles. The number of nitrogens with two attached hydrogens (primary N) is 1. The van der Waals surface area contributed by atoms with Crippen molar-refractivity contribution in [2.24, 2.45) is 5.10 Å². The second kappa shape index (κ2) is 6.12. The molecule has 0 saturated heterocycles. The Bertz CT molecular complexity index is 459. The molecule has 6 nitrogen and oxygen atoms in total. The molecule has 6 heteroatoms. The summed E-state index contributed by atoms with van der Waals surface area (Å²) in [7, 11) is 0. The summed E-state index contributed by atoms with van der Waals surface area (Å²) in [5.41, 5.74) is 8.99. The van der Waals surface area contributed by atoms with Crippen molar-refractivity contribution in [2.75, 3.05) is 17.8 Å². The molecule has 0 fully saturated rings. The SMILES string of the molecule is CCOC(=O)/C(C#N)=N/Nc1ccc(N)cc1. The minimum atomic E-state index is -0.752. The number of ether oxygens (including phenoxy) is 1. The number of carbonyl (C=O) groups excluding carboxylic acids is 1. The zero-order chi connectivity index (χ0) is 12.7. The molecule has 0 aliphatic rings. The van der Waals surface area contributed by atoms with Gasteiger partial charge in [-0.05, 0) is 31.2 Å². The number of nitrogen functional groups attached to an aromatic ring is 1. The quantitative estimate of drug-likeness (QED) is 0.350. The first kappa shape index (κ1) is 12.5. The topological polar surface area (TPSA) is 100 Å². The fourth-order valence-corrected chi connectivity index (χ4v) is 0.994. The predicted octanol–water partition coefficient (Wildman–Crippen LogP) is 1.12. The fraction of sp³-hybridized carbons (Fsp3) is 0.182. The van der Waals surface area contributed by atoms with Crippen molar-refractivity contribution in [1.82, 2.24) is 0 Å². The van der Waals surface area contributed by atoms with E-state index in [0.29, 0.717) is 11.4 Å². The van der Waals surface area contributed by atoms with E-state index in [1.165, 1.54) is 0 Å². The predicted molar refractivity (Wildman–Crippen MR) is 64.2 cm³/mol. The highest BCUT2D eigenvalue weighted by atomic mass is 16.5. The van der Waals surface area contributed by atoms with Crippen LogP contribution in [0.15, 0.2) is 29.4 Å². The zero-order valence-corrected chi connectivity index (χ0v) is 9.30. The molecule has 1 rings (SSSR count). The average Bonchev–Trinajstić information content (AvgIpc) is 2.32. The highest BCUT2D eigenvalue weighted by Gasteiger charge is 2.11. The summed E-state index contributed by atoms with van der Waals surface area (Å²) in [6.45, 7) is 1.85. The smallest absolute Gasteiger partial charge is 0.369 e. The van der Waals surface area contributed by atoms with Gasteiger partial charge < -0.3 is 10.5 Å². The number of hydrogen-bond acceptors (Lipinski definition) is 6. The molecule has 88 valence electrons. The number of anilines is 2. The van der Waals surface area contributed by atoms with E-state index in [0.717, 1.165) is 0 Å². The molecule has 0 radical (unpaired) electrons. The average molecular weight is 232 g/mol. The lowest BCUT2D eigenvalue weighted by Crippen LogP contribution is -2.17. The van der Waals surface area contributed by atoms with Crippen LogP contribution < -0.4 is 11.2 Å². The van der Waals surface area contributed by atoms with Crippen LogP contribution in [-0.2, 0) is 9.53 Å². The largest absolute Gasteiger partial charge is 0.461 e. The van der Waals surface area contributed by atoms with E-state index < -0.39 is 5.97 Å². The number of esters is 1. The summed E-state index contributed by atoms with van der Waals surface area (Å²) in [4.78, 5) is 11.2. The minimum absolute atomic E-state index is 0.196. The van der Waals surface area contributed by atoms with Crippen molar-refractivity contribution in [2.45, 2.75) is 6.92 Å². The molecule has 1 aromatic rings. The highest BCUT2D eigenvalue weighted by Crippen LogP contribution is 2.10. The third kappa shape index (κ3) is 3.83. The Balaban J connectivity index is 2.71. The maximum absolute atomic E-state index is 11.2. The zero-order valence-electron chi connectivity index (χ0n) is 9.30. The Hall–Kier alpha value is -2.55. The van der Waals surface area contributed by atoms with Gasteiger partial charge >= 0.3 is 5.97 Å². The van der Waals surface area contributed by atoms with Crippen LogP contribution in [0.5, 0.6) is 0 Å². The van der Waals surface area contributed by atoms with Gasteiger partial charge in [-0.3, -0.25) is 5.43 Å². The molecule has 0 amide bonds. The summed E-state index contributed by atoms with van der Waals surface area (Å²) < 4.78 is 4.65. The normalized spacial score (nSPS) is 10.5. The lowest BCUT2D eigenvalue weighted by Gasteiger charge is -2.02. The Morgan fingerprint density at radius 1 is 1.53 bits per heavy atom. The molecule has 0 bridgehead atoms. The third-order valence-corrected chi connectivity index (χ3v) is 1.78. The number of hydrogen-bond donors (Lipinski definition) is 2. The van der Waals surface area contributed by atoms with E-state index in [9.17, 15) is 4.79 Å². The Morgan fingerprint density at radius 2 is 2.18 bits per heavy atom. The first-order valence-electron chi connectivity index (χ1n) is 4.93. The van der Waals surface area contributed by atoms with Crippen LogP contribution >= 0.6 is 0 Å². The van der Waals surface area contributed by atoms with E-state index >= 15 is 0 Å². The molecule has 0 aliphatic carbocycles. The maximum Gasteiger partial charge on any atom is 0.369 e. The minimum Gasteiger partial charge on any atom is -0.461 e. The van der Waals surface area contributed by atoms with Gasteiger partial charge in [-0.15, -0.1) is 0 Å². The monoisotopic (exact) mass is 232 g/mol. The second-order valence-electron chi connectivity index (χ2n) is 3.03. The van der Waals surface area contributed by atoms with Crippen LogP contribution in [0.3, 0.4) is 0 Å². The van der Waals surface area contributed by atoms with Gasteiger partial charge in [0.25, 0.3) is 0 Å². The van der Waals surface area contributed by atoms with Gasteiger partial charge in [0.15, 0.2) is 0 Å². The van der Waals surface area contributed by atoms with Crippen molar-refractivity contribution in [3.8, 4) is 6.07 Å². The van der Waals surface area contributed by atoms with Crippen molar-refractivity contribution in [3.63, 3.8) is 0 Å². The van der Waals surface area contributed by atoms with Gasteiger partial charge in [0.1, 0.15) is 6.07 Å². The van der Waals surface area contributed by atoms with Crippen molar-refractivity contribution >= 4 is 23.1 Å². The van der Waals surface area contributed by atoms with Crippen LogP contribution in [0.2, 0.25) is 0 Å². The van der Waals surface area contributed by atoms with Gasteiger partial charge in [-0.1, -0.05) is 0 Å². The number of nitrogens with one attached hydrogen (secondary N) is 1. The molecule has 0 saturated carbocycles. The summed E-state index contributed by atoms with van der Waals surface area (Å²) in [6, 6.07) is 8.37. The van der Waals surface area contributed by atoms with Crippen molar-refractivity contribution in [1.29, 1.82) is 5.26 Å². The van der Waals surface area contributed by atoms with E-state index in [4.69, 9.17) is 11.0 Å². The number of nitriles is 1. The van der Waals surface area contributed by atoms with Crippen LogP contribution in [0.25, 0.3) is 0 Å². The molecule has 0 aliphatic heterocycles.